The maximum Gasteiger partial charge on any atom is 0.307 e. The van der Waals surface area contributed by atoms with E-state index in [4.69, 9.17) is 0 Å². The topological polar surface area (TPSA) is 66.4 Å². The first kappa shape index (κ1) is 16.7. The lowest BCUT2D eigenvalue weighted by atomic mass is 9.78. The van der Waals surface area contributed by atoms with Gasteiger partial charge in [-0.05, 0) is 50.5 Å². The molecule has 2 aliphatic carbocycles. The van der Waals surface area contributed by atoms with Crippen molar-refractivity contribution in [1.29, 1.82) is 0 Å². The molecule has 0 heterocycles. The van der Waals surface area contributed by atoms with Gasteiger partial charge in [-0.3, -0.25) is 9.59 Å². The van der Waals surface area contributed by atoms with Gasteiger partial charge in [0, 0.05) is 6.54 Å². The lowest BCUT2D eigenvalue weighted by Gasteiger charge is -2.26. The Labute approximate surface area is 143 Å². The molecule has 1 amide bonds. The standard InChI is InChI=1S/C20H25NO3/c1-12(2)16-14-8-9-15(16)18(20(23)24)17(14)19(22)21-11-10-13-6-4-3-5-7-13/h3-7,14-15,17-18H,8-11H2,1-2H3,(H,21,22)(H,23,24)/t14-,15+,17-,18-/m1/s1. The quantitative estimate of drug-likeness (QED) is 0.817. The Hall–Kier alpha value is -2.10. The average Bonchev–Trinajstić information content (AvgIpc) is 3.11. The summed E-state index contributed by atoms with van der Waals surface area (Å²) in [6.45, 7) is 4.62. The average molecular weight is 327 g/mol. The van der Waals surface area contributed by atoms with E-state index >= 15 is 0 Å². The first-order valence-electron chi connectivity index (χ1n) is 8.72. The lowest BCUT2D eigenvalue weighted by Crippen LogP contribution is -2.41. The highest BCUT2D eigenvalue weighted by Gasteiger charge is 2.57. The van der Waals surface area contributed by atoms with Crippen LogP contribution in [0.5, 0.6) is 0 Å². The second kappa shape index (κ2) is 6.80. The van der Waals surface area contributed by atoms with E-state index in [0.29, 0.717) is 6.54 Å². The molecule has 0 aliphatic heterocycles. The van der Waals surface area contributed by atoms with Crippen LogP contribution in [0.1, 0.15) is 32.3 Å². The summed E-state index contributed by atoms with van der Waals surface area (Å²) in [6, 6.07) is 10.00. The molecule has 24 heavy (non-hydrogen) atoms. The molecule has 0 unspecified atom stereocenters. The minimum absolute atomic E-state index is 0.0439. The molecule has 1 aromatic carbocycles. The number of carbonyl (C=O) groups is 2. The van der Waals surface area contributed by atoms with E-state index in [1.165, 1.54) is 16.7 Å². The van der Waals surface area contributed by atoms with Gasteiger partial charge in [0.2, 0.25) is 5.91 Å². The first-order chi connectivity index (χ1) is 11.5. The molecule has 2 bridgehead atoms. The third-order valence-corrected chi connectivity index (χ3v) is 5.56. The van der Waals surface area contributed by atoms with E-state index in [-0.39, 0.29) is 17.7 Å². The van der Waals surface area contributed by atoms with Gasteiger partial charge in [0.15, 0.2) is 0 Å². The van der Waals surface area contributed by atoms with Crippen molar-refractivity contribution in [3.05, 3.63) is 47.0 Å². The number of hydrogen-bond donors (Lipinski definition) is 2. The highest BCUT2D eigenvalue weighted by molar-refractivity contribution is 5.87. The molecule has 2 aliphatic rings. The normalized spacial score (nSPS) is 28.0. The SMILES string of the molecule is CC(C)=C1[C@H]2CC[C@@H]1[C@@H](C(=O)O)[C@@H]2C(=O)NCCc1ccccc1. The fourth-order valence-electron chi connectivity index (χ4n) is 4.70. The van der Waals surface area contributed by atoms with Crippen molar-refractivity contribution < 1.29 is 14.7 Å². The Kier molecular flexibility index (Phi) is 4.74. The van der Waals surface area contributed by atoms with E-state index < -0.39 is 17.8 Å². The molecule has 4 heteroatoms. The van der Waals surface area contributed by atoms with Crippen molar-refractivity contribution in [2.45, 2.75) is 33.1 Å². The Morgan fingerprint density at radius 2 is 1.71 bits per heavy atom. The van der Waals surface area contributed by atoms with Gasteiger partial charge < -0.3 is 10.4 Å². The highest BCUT2D eigenvalue weighted by atomic mass is 16.4. The van der Waals surface area contributed by atoms with Crippen LogP contribution in [0, 0.1) is 23.7 Å². The summed E-state index contributed by atoms with van der Waals surface area (Å²) in [5.74, 6) is -1.75. The zero-order chi connectivity index (χ0) is 17.3. The van der Waals surface area contributed by atoms with Crippen molar-refractivity contribution in [2.75, 3.05) is 6.54 Å². The van der Waals surface area contributed by atoms with E-state index in [1.807, 2.05) is 44.2 Å². The number of carbonyl (C=O) groups excluding carboxylic acids is 1. The number of carboxylic acids is 1. The molecule has 128 valence electrons. The molecule has 2 N–H and O–H groups in total. The Bertz CT molecular complexity index is 661. The molecule has 2 fully saturated rings. The summed E-state index contributed by atoms with van der Waals surface area (Å²) < 4.78 is 0. The van der Waals surface area contributed by atoms with Gasteiger partial charge in [-0.2, -0.15) is 0 Å². The highest BCUT2D eigenvalue weighted by Crippen LogP contribution is 2.57. The fourth-order valence-corrected chi connectivity index (χ4v) is 4.70. The predicted octanol–water partition coefficient (Wildman–Crippen LogP) is 3.04. The molecule has 1 aromatic rings. The summed E-state index contributed by atoms with van der Waals surface area (Å²) in [7, 11) is 0. The number of rotatable bonds is 5. The maximum absolute atomic E-state index is 12.7. The number of amides is 1. The van der Waals surface area contributed by atoms with Gasteiger partial charge in [-0.25, -0.2) is 0 Å². The minimum Gasteiger partial charge on any atom is -0.481 e. The van der Waals surface area contributed by atoms with Gasteiger partial charge in [0.25, 0.3) is 0 Å². The minimum atomic E-state index is -0.829. The molecule has 3 rings (SSSR count). The van der Waals surface area contributed by atoms with Crippen molar-refractivity contribution in [2.24, 2.45) is 23.7 Å². The fraction of sp³-hybridized carbons (Fsp3) is 0.500. The molecule has 4 atom stereocenters. The van der Waals surface area contributed by atoms with Crippen LogP contribution < -0.4 is 5.32 Å². The summed E-state index contributed by atoms with van der Waals surface area (Å²) in [4.78, 5) is 24.5. The van der Waals surface area contributed by atoms with Crippen molar-refractivity contribution >= 4 is 11.9 Å². The molecule has 4 nitrogen and oxygen atoms in total. The molecular formula is C20H25NO3. The summed E-state index contributed by atoms with van der Waals surface area (Å²) in [6.07, 6.45) is 2.60. The van der Waals surface area contributed by atoms with Crippen LogP contribution in [0.25, 0.3) is 0 Å². The second-order valence-corrected chi connectivity index (χ2v) is 7.16. The molecule has 0 spiro atoms. The second-order valence-electron chi connectivity index (χ2n) is 7.16. The summed E-state index contributed by atoms with van der Waals surface area (Å²) in [5, 5.41) is 12.6. The van der Waals surface area contributed by atoms with Crippen molar-refractivity contribution in [3.8, 4) is 0 Å². The molecule has 0 radical (unpaired) electrons. The van der Waals surface area contributed by atoms with Gasteiger partial charge in [-0.1, -0.05) is 41.5 Å². The van der Waals surface area contributed by atoms with E-state index in [9.17, 15) is 14.7 Å². The molecule has 0 saturated heterocycles. The predicted molar refractivity (Wildman–Crippen MR) is 92.4 cm³/mol. The number of benzene rings is 1. The van der Waals surface area contributed by atoms with Gasteiger partial charge in [0.1, 0.15) is 0 Å². The zero-order valence-corrected chi connectivity index (χ0v) is 14.3. The number of carboxylic acid groups (broad SMARTS) is 1. The number of hydrogen-bond acceptors (Lipinski definition) is 2. The van der Waals surface area contributed by atoms with E-state index in [2.05, 4.69) is 5.32 Å². The van der Waals surface area contributed by atoms with E-state index in [1.54, 1.807) is 0 Å². The monoisotopic (exact) mass is 327 g/mol. The smallest absolute Gasteiger partial charge is 0.307 e. The number of aliphatic carboxylic acids is 1. The summed E-state index contributed by atoms with van der Waals surface area (Å²) >= 11 is 0. The van der Waals surface area contributed by atoms with Crippen LogP contribution in [0.3, 0.4) is 0 Å². The molecule has 2 saturated carbocycles. The van der Waals surface area contributed by atoms with Crippen LogP contribution in [-0.4, -0.2) is 23.5 Å². The first-order valence-corrected chi connectivity index (χ1v) is 8.72. The third kappa shape index (κ3) is 2.97. The van der Waals surface area contributed by atoms with Crippen molar-refractivity contribution in [1.82, 2.24) is 5.32 Å². The Balaban J connectivity index is 1.69. The van der Waals surface area contributed by atoms with Crippen LogP contribution in [0.4, 0.5) is 0 Å². The number of fused-ring (bicyclic) bond motifs is 2. The Morgan fingerprint density at radius 1 is 1.08 bits per heavy atom. The molecule has 0 aromatic heterocycles. The van der Waals surface area contributed by atoms with E-state index in [0.717, 1.165) is 19.3 Å². The number of allylic oxidation sites excluding steroid dienone is 2. The maximum atomic E-state index is 12.7. The molecular weight excluding hydrogens is 302 g/mol. The van der Waals surface area contributed by atoms with Crippen LogP contribution in [0.2, 0.25) is 0 Å². The van der Waals surface area contributed by atoms with Crippen LogP contribution in [0.15, 0.2) is 41.5 Å². The zero-order valence-electron chi connectivity index (χ0n) is 14.3. The van der Waals surface area contributed by atoms with Crippen molar-refractivity contribution in [3.63, 3.8) is 0 Å². The third-order valence-electron chi connectivity index (χ3n) is 5.56. The van der Waals surface area contributed by atoms with Gasteiger partial charge >= 0.3 is 5.97 Å². The Morgan fingerprint density at radius 3 is 2.29 bits per heavy atom. The van der Waals surface area contributed by atoms with Crippen LogP contribution >= 0.6 is 0 Å². The van der Waals surface area contributed by atoms with Gasteiger partial charge in [-0.15, -0.1) is 0 Å². The van der Waals surface area contributed by atoms with Crippen LogP contribution in [-0.2, 0) is 16.0 Å². The largest absolute Gasteiger partial charge is 0.481 e. The van der Waals surface area contributed by atoms with Gasteiger partial charge in [0.05, 0.1) is 11.8 Å². The number of nitrogens with one attached hydrogen (secondary N) is 1. The lowest BCUT2D eigenvalue weighted by molar-refractivity contribution is -0.149. The summed E-state index contributed by atoms with van der Waals surface area (Å²) in [5.41, 5.74) is 3.59.